The Kier molecular flexibility index (Phi) is 4.04. The molecule has 0 N–H and O–H groups in total. The highest BCUT2D eigenvalue weighted by Gasteiger charge is 2.28. The molecule has 0 bridgehead atoms. The summed E-state index contributed by atoms with van der Waals surface area (Å²) in [5.41, 5.74) is 0. The minimum Gasteiger partial charge on any atom is -0.299 e. The Morgan fingerprint density at radius 2 is 2.11 bits per heavy atom. The van der Waals surface area contributed by atoms with Crippen LogP contribution in [0.3, 0.4) is 0 Å². The summed E-state index contributed by atoms with van der Waals surface area (Å²) in [4.78, 5) is 2.26. The second-order valence-electron chi connectivity index (χ2n) is 4.85. The molecular formula is C11H20N4O2S. The molecule has 0 aromatic carbocycles. The van der Waals surface area contributed by atoms with Gasteiger partial charge in [-0.15, -0.1) is 0 Å². The third-order valence-electron chi connectivity index (χ3n) is 3.27. The number of sulfonamides is 1. The summed E-state index contributed by atoms with van der Waals surface area (Å²) in [5.74, 6) is 0.225. The number of nitrogens with zero attached hydrogens (tertiary/aromatic N) is 4. The summed E-state index contributed by atoms with van der Waals surface area (Å²) in [6.07, 6.45) is 4.44. The van der Waals surface area contributed by atoms with Crippen molar-refractivity contribution in [1.29, 1.82) is 0 Å². The van der Waals surface area contributed by atoms with E-state index in [1.807, 2.05) is 16.9 Å². The van der Waals surface area contributed by atoms with Crippen LogP contribution in [0, 0.1) is 0 Å². The van der Waals surface area contributed by atoms with Crippen molar-refractivity contribution in [2.24, 2.45) is 0 Å². The van der Waals surface area contributed by atoms with E-state index < -0.39 is 10.0 Å². The maximum Gasteiger partial charge on any atom is 0.213 e. The lowest BCUT2D eigenvalue weighted by Gasteiger charge is -2.39. The second-order valence-corrected chi connectivity index (χ2v) is 7.15. The van der Waals surface area contributed by atoms with Crippen LogP contribution >= 0.6 is 0 Å². The Morgan fingerprint density at radius 3 is 2.67 bits per heavy atom. The van der Waals surface area contributed by atoms with Crippen LogP contribution in [0.25, 0.3) is 0 Å². The smallest absolute Gasteiger partial charge is 0.213 e. The van der Waals surface area contributed by atoms with Gasteiger partial charge in [-0.05, 0) is 19.0 Å². The van der Waals surface area contributed by atoms with Crippen molar-refractivity contribution < 1.29 is 8.42 Å². The van der Waals surface area contributed by atoms with E-state index in [0.29, 0.717) is 12.5 Å². The quantitative estimate of drug-likeness (QED) is 0.732. The van der Waals surface area contributed by atoms with Crippen LogP contribution in [-0.2, 0) is 10.0 Å². The molecule has 1 fully saturated rings. The normalized spacial score (nSPS) is 18.2. The number of aromatic nitrogens is 2. The van der Waals surface area contributed by atoms with E-state index in [2.05, 4.69) is 10.00 Å². The van der Waals surface area contributed by atoms with Crippen LogP contribution in [0.4, 0.5) is 0 Å². The van der Waals surface area contributed by atoms with Gasteiger partial charge in [0.25, 0.3) is 0 Å². The molecule has 0 radical (unpaired) electrons. The molecule has 1 aliphatic heterocycles. The lowest BCUT2D eigenvalue weighted by molar-refractivity contribution is 0.0990. The van der Waals surface area contributed by atoms with Crippen LogP contribution in [-0.4, -0.2) is 66.9 Å². The molecular weight excluding hydrogens is 252 g/mol. The topological polar surface area (TPSA) is 58.4 Å². The molecule has 102 valence electrons. The highest BCUT2D eigenvalue weighted by Crippen LogP contribution is 2.20. The molecule has 2 heterocycles. The molecule has 0 atom stereocenters. The van der Waals surface area contributed by atoms with Crippen molar-refractivity contribution in [3.63, 3.8) is 0 Å². The monoisotopic (exact) mass is 272 g/mol. The van der Waals surface area contributed by atoms with Crippen LogP contribution in [0.5, 0.6) is 0 Å². The number of rotatable bonds is 6. The Hall–Kier alpha value is -0.920. The fourth-order valence-electron chi connectivity index (χ4n) is 2.04. The summed E-state index contributed by atoms with van der Waals surface area (Å²) in [6.45, 7) is 2.76. The maximum atomic E-state index is 11.6. The zero-order chi connectivity index (χ0) is 13.2. The zero-order valence-corrected chi connectivity index (χ0v) is 11.7. The summed E-state index contributed by atoms with van der Waals surface area (Å²) >= 11 is 0. The first kappa shape index (κ1) is 13.5. The van der Waals surface area contributed by atoms with Gasteiger partial charge in [0.2, 0.25) is 10.0 Å². The SMILES string of the molecule is CN(C)S(=O)(=O)CCCN1CC(n2cccn2)C1. The Labute approximate surface area is 108 Å². The van der Waals surface area contributed by atoms with Gasteiger partial charge < -0.3 is 0 Å². The third-order valence-corrected chi connectivity index (χ3v) is 5.19. The van der Waals surface area contributed by atoms with Gasteiger partial charge in [-0.3, -0.25) is 9.58 Å². The predicted molar refractivity (Wildman–Crippen MR) is 69.8 cm³/mol. The molecule has 2 rings (SSSR count). The Balaban J connectivity index is 1.66. The van der Waals surface area contributed by atoms with Crippen LogP contribution in [0.15, 0.2) is 18.5 Å². The van der Waals surface area contributed by atoms with Gasteiger partial charge in [-0.1, -0.05) is 0 Å². The van der Waals surface area contributed by atoms with Crippen molar-refractivity contribution >= 4 is 10.0 Å². The van der Waals surface area contributed by atoms with Gasteiger partial charge in [0, 0.05) is 39.6 Å². The molecule has 1 aromatic rings. The summed E-state index contributed by atoms with van der Waals surface area (Å²) in [7, 11) is 0.107. The van der Waals surface area contributed by atoms with Crippen molar-refractivity contribution in [1.82, 2.24) is 19.0 Å². The number of hydrogen-bond donors (Lipinski definition) is 0. The first-order valence-electron chi connectivity index (χ1n) is 6.11. The average Bonchev–Trinajstić information content (AvgIpc) is 2.74. The fraction of sp³-hybridized carbons (Fsp3) is 0.727. The van der Waals surface area contributed by atoms with Crippen molar-refractivity contribution in [2.75, 3.05) is 39.5 Å². The minimum atomic E-state index is -3.05. The van der Waals surface area contributed by atoms with Crippen LogP contribution in [0.1, 0.15) is 12.5 Å². The van der Waals surface area contributed by atoms with E-state index in [1.165, 1.54) is 4.31 Å². The fourth-order valence-corrected chi connectivity index (χ4v) is 2.90. The number of likely N-dealkylation sites (tertiary alicyclic amines) is 1. The summed E-state index contributed by atoms with van der Waals surface area (Å²) in [5, 5.41) is 4.20. The molecule has 18 heavy (non-hydrogen) atoms. The van der Waals surface area contributed by atoms with E-state index >= 15 is 0 Å². The third kappa shape index (κ3) is 3.09. The van der Waals surface area contributed by atoms with Gasteiger partial charge in [-0.2, -0.15) is 5.10 Å². The van der Waals surface area contributed by atoms with Crippen LogP contribution < -0.4 is 0 Å². The summed E-state index contributed by atoms with van der Waals surface area (Å²) < 4.78 is 26.4. The van der Waals surface area contributed by atoms with Gasteiger partial charge in [-0.25, -0.2) is 12.7 Å². The predicted octanol–water partition coefficient (Wildman–Crippen LogP) is 0.0213. The second kappa shape index (κ2) is 5.38. The highest BCUT2D eigenvalue weighted by molar-refractivity contribution is 7.89. The Morgan fingerprint density at radius 1 is 1.39 bits per heavy atom. The molecule has 7 heteroatoms. The molecule has 0 amide bonds. The molecule has 1 aliphatic rings. The molecule has 1 aromatic heterocycles. The van der Waals surface area contributed by atoms with Gasteiger partial charge in [0.05, 0.1) is 11.8 Å². The van der Waals surface area contributed by atoms with E-state index in [4.69, 9.17) is 0 Å². The first-order valence-corrected chi connectivity index (χ1v) is 7.71. The van der Waals surface area contributed by atoms with E-state index in [0.717, 1.165) is 19.6 Å². The first-order chi connectivity index (χ1) is 8.49. The molecule has 0 aliphatic carbocycles. The van der Waals surface area contributed by atoms with Gasteiger partial charge in [0.15, 0.2) is 0 Å². The Bertz CT molecular complexity index is 463. The largest absolute Gasteiger partial charge is 0.299 e. The number of hydrogen-bond acceptors (Lipinski definition) is 4. The standard InChI is InChI=1S/C11H20N4O2S/c1-13(2)18(16,17)8-4-6-14-9-11(10-14)15-7-3-5-12-15/h3,5,7,11H,4,6,8-10H2,1-2H3. The molecule has 0 unspecified atom stereocenters. The van der Waals surface area contributed by atoms with E-state index in [-0.39, 0.29) is 5.75 Å². The minimum absolute atomic E-state index is 0.225. The highest BCUT2D eigenvalue weighted by atomic mass is 32.2. The van der Waals surface area contributed by atoms with E-state index in [9.17, 15) is 8.42 Å². The van der Waals surface area contributed by atoms with Crippen molar-refractivity contribution in [2.45, 2.75) is 12.5 Å². The van der Waals surface area contributed by atoms with E-state index in [1.54, 1.807) is 20.3 Å². The zero-order valence-electron chi connectivity index (χ0n) is 10.9. The average molecular weight is 272 g/mol. The van der Waals surface area contributed by atoms with Gasteiger partial charge in [0.1, 0.15) is 0 Å². The lowest BCUT2D eigenvalue weighted by Crippen LogP contribution is -2.48. The summed E-state index contributed by atoms with van der Waals surface area (Å²) in [6, 6.07) is 2.37. The van der Waals surface area contributed by atoms with Crippen molar-refractivity contribution in [3.8, 4) is 0 Å². The molecule has 0 saturated carbocycles. The van der Waals surface area contributed by atoms with Crippen molar-refractivity contribution in [3.05, 3.63) is 18.5 Å². The molecule has 1 saturated heterocycles. The van der Waals surface area contributed by atoms with Crippen LogP contribution in [0.2, 0.25) is 0 Å². The maximum absolute atomic E-state index is 11.6. The molecule has 6 nitrogen and oxygen atoms in total. The lowest BCUT2D eigenvalue weighted by atomic mass is 10.1. The molecule has 0 spiro atoms. The van der Waals surface area contributed by atoms with Gasteiger partial charge >= 0.3 is 0 Å².